The van der Waals surface area contributed by atoms with E-state index in [4.69, 9.17) is 4.74 Å². The fourth-order valence-corrected chi connectivity index (χ4v) is 2.65. The van der Waals surface area contributed by atoms with E-state index in [0.29, 0.717) is 22.4 Å². The molecule has 0 aliphatic carbocycles. The summed E-state index contributed by atoms with van der Waals surface area (Å²) in [5, 5.41) is 1.21. The number of esters is 1. The number of hydrogen-bond donors (Lipinski definition) is 0. The van der Waals surface area contributed by atoms with Gasteiger partial charge in [-0.1, -0.05) is 23.5 Å². The molecule has 2 aromatic rings. The van der Waals surface area contributed by atoms with E-state index >= 15 is 0 Å². The average molecular weight is 307 g/mol. The Kier molecular flexibility index (Phi) is 5.37. The summed E-state index contributed by atoms with van der Waals surface area (Å²) in [6.45, 7) is 2.09. The van der Waals surface area contributed by atoms with Gasteiger partial charge in [-0.15, -0.1) is 0 Å². The molecule has 2 rings (SSSR count). The smallest absolute Gasteiger partial charge is 0.342 e. The topological polar surface area (TPSA) is 65.0 Å². The Hall–Kier alpha value is -1.60. The second kappa shape index (κ2) is 7.25. The molecule has 2 heterocycles. The number of pyridine rings is 1. The van der Waals surface area contributed by atoms with Crippen molar-refractivity contribution in [2.75, 3.05) is 12.9 Å². The van der Waals surface area contributed by atoms with Gasteiger partial charge in [0.1, 0.15) is 10.6 Å². The van der Waals surface area contributed by atoms with E-state index in [9.17, 15) is 4.79 Å². The van der Waals surface area contributed by atoms with Crippen LogP contribution in [0.2, 0.25) is 0 Å². The molecular weight excluding hydrogens is 294 g/mol. The van der Waals surface area contributed by atoms with Gasteiger partial charge >= 0.3 is 5.97 Å². The summed E-state index contributed by atoms with van der Waals surface area (Å²) in [6, 6.07) is 3.72. The van der Waals surface area contributed by atoms with Crippen molar-refractivity contribution in [1.82, 2.24) is 15.0 Å². The molecule has 0 bridgehead atoms. The minimum Gasteiger partial charge on any atom is -0.462 e. The molecule has 0 aromatic carbocycles. The highest BCUT2D eigenvalue weighted by Gasteiger charge is 2.16. The van der Waals surface area contributed by atoms with Crippen LogP contribution in [0, 0.1) is 0 Å². The van der Waals surface area contributed by atoms with E-state index in [1.165, 1.54) is 29.7 Å². The van der Waals surface area contributed by atoms with Gasteiger partial charge in [-0.2, -0.15) is 0 Å². The fourth-order valence-electron chi connectivity index (χ4n) is 1.39. The maximum Gasteiger partial charge on any atom is 0.342 e. The normalized spacial score (nSPS) is 10.3. The first-order valence-electron chi connectivity index (χ1n) is 5.90. The fraction of sp³-hybridized carbons (Fsp3) is 0.231. The van der Waals surface area contributed by atoms with Crippen molar-refractivity contribution in [2.24, 2.45) is 0 Å². The molecule has 20 heavy (non-hydrogen) atoms. The number of hydrogen-bond acceptors (Lipinski definition) is 7. The van der Waals surface area contributed by atoms with E-state index in [2.05, 4.69) is 15.0 Å². The summed E-state index contributed by atoms with van der Waals surface area (Å²) in [5.74, 6) is -0.406. The predicted octanol–water partition coefficient (Wildman–Crippen LogP) is 2.92. The van der Waals surface area contributed by atoms with E-state index in [0.717, 1.165) is 4.90 Å². The molecule has 0 spiro atoms. The van der Waals surface area contributed by atoms with Crippen LogP contribution in [-0.4, -0.2) is 33.8 Å². The van der Waals surface area contributed by atoms with Crippen molar-refractivity contribution in [3.63, 3.8) is 0 Å². The van der Waals surface area contributed by atoms with Crippen LogP contribution in [0.4, 0.5) is 0 Å². The maximum absolute atomic E-state index is 11.9. The third-order valence-corrected chi connectivity index (χ3v) is 3.85. The summed E-state index contributed by atoms with van der Waals surface area (Å²) in [7, 11) is 0. The number of carbonyl (C=O) groups excluding carboxylic acids is 1. The number of rotatable bonds is 5. The van der Waals surface area contributed by atoms with E-state index < -0.39 is 5.97 Å². The predicted molar refractivity (Wildman–Crippen MR) is 78.1 cm³/mol. The number of ether oxygens (including phenoxy) is 1. The molecule has 0 unspecified atom stereocenters. The Labute approximate surface area is 125 Å². The SMILES string of the molecule is CCOC(=O)c1cnc(SC)nc1Sc1ccncc1. The monoisotopic (exact) mass is 307 g/mol. The molecule has 0 aliphatic heterocycles. The average Bonchev–Trinajstić information content (AvgIpc) is 2.48. The van der Waals surface area contributed by atoms with Crippen molar-refractivity contribution in [1.29, 1.82) is 0 Å². The van der Waals surface area contributed by atoms with Crippen molar-refractivity contribution in [2.45, 2.75) is 22.0 Å². The molecule has 2 aromatic heterocycles. The summed E-state index contributed by atoms with van der Waals surface area (Å²) in [4.78, 5) is 25.4. The summed E-state index contributed by atoms with van der Waals surface area (Å²) >= 11 is 2.82. The van der Waals surface area contributed by atoms with Gasteiger partial charge in [-0.3, -0.25) is 4.98 Å². The van der Waals surface area contributed by atoms with Gasteiger partial charge in [-0.25, -0.2) is 14.8 Å². The molecule has 7 heteroatoms. The molecule has 0 saturated heterocycles. The molecule has 5 nitrogen and oxygen atoms in total. The Morgan fingerprint density at radius 3 is 2.75 bits per heavy atom. The van der Waals surface area contributed by atoms with Crippen LogP contribution in [-0.2, 0) is 4.74 Å². The molecule has 0 amide bonds. The van der Waals surface area contributed by atoms with Crippen LogP contribution in [0.3, 0.4) is 0 Å². The van der Waals surface area contributed by atoms with Crippen LogP contribution in [0.5, 0.6) is 0 Å². The summed E-state index contributed by atoms with van der Waals surface area (Å²) in [5.41, 5.74) is 0.381. The first-order valence-corrected chi connectivity index (χ1v) is 7.94. The van der Waals surface area contributed by atoms with E-state index in [1.807, 2.05) is 18.4 Å². The standard InChI is InChI=1S/C13H13N3O2S2/c1-3-18-12(17)10-8-15-13(19-2)16-11(10)20-9-4-6-14-7-5-9/h4-8H,3H2,1-2H3. The van der Waals surface area contributed by atoms with Crippen LogP contribution in [0.1, 0.15) is 17.3 Å². The third kappa shape index (κ3) is 3.71. The Morgan fingerprint density at radius 2 is 2.10 bits per heavy atom. The zero-order chi connectivity index (χ0) is 14.4. The molecule has 0 atom stereocenters. The van der Waals surface area contributed by atoms with Gasteiger partial charge in [0, 0.05) is 23.5 Å². The van der Waals surface area contributed by atoms with Gasteiger partial charge in [0.2, 0.25) is 0 Å². The number of aromatic nitrogens is 3. The summed E-state index contributed by atoms with van der Waals surface area (Å²) in [6.07, 6.45) is 6.80. The molecule has 104 valence electrons. The zero-order valence-corrected chi connectivity index (χ0v) is 12.7. The van der Waals surface area contributed by atoms with Crippen LogP contribution in [0.25, 0.3) is 0 Å². The minimum absolute atomic E-state index is 0.322. The Balaban J connectivity index is 2.34. The second-order valence-corrected chi connectivity index (χ2v) is 5.42. The summed E-state index contributed by atoms with van der Waals surface area (Å²) < 4.78 is 5.03. The molecule has 0 saturated carbocycles. The van der Waals surface area contributed by atoms with Crippen LogP contribution < -0.4 is 0 Å². The molecule has 0 aliphatic rings. The quantitative estimate of drug-likeness (QED) is 0.364. The van der Waals surface area contributed by atoms with E-state index in [-0.39, 0.29) is 0 Å². The largest absolute Gasteiger partial charge is 0.462 e. The Bertz CT molecular complexity index is 593. The highest BCUT2D eigenvalue weighted by atomic mass is 32.2. The van der Waals surface area contributed by atoms with Gasteiger partial charge in [0.05, 0.1) is 6.61 Å². The van der Waals surface area contributed by atoms with Crippen molar-refractivity contribution in [3.8, 4) is 0 Å². The lowest BCUT2D eigenvalue weighted by atomic mass is 10.3. The zero-order valence-electron chi connectivity index (χ0n) is 11.1. The minimum atomic E-state index is -0.406. The van der Waals surface area contributed by atoms with Gasteiger partial charge < -0.3 is 4.74 Å². The highest BCUT2D eigenvalue weighted by Crippen LogP contribution is 2.29. The molecular formula is C13H13N3O2S2. The van der Waals surface area contributed by atoms with Crippen molar-refractivity contribution < 1.29 is 9.53 Å². The lowest BCUT2D eigenvalue weighted by Crippen LogP contribution is -2.08. The van der Waals surface area contributed by atoms with Gasteiger partial charge in [0.25, 0.3) is 0 Å². The van der Waals surface area contributed by atoms with Gasteiger partial charge in [0.15, 0.2) is 5.16 Å². The third-order valence-electron chi connectivity index (χ3n) is 2.27. The molecule has 0 N–H and O–H groups in total. The molecule has 0 fully saturated rings. The second-order valence-electron chi connectivity index (χ2n) is 3.58. The van der Waals surface area contributed by atoms with Crippen LogP contribution >= 0.6 is 23.5 Å². The Morgan fingerprint density at radius 1 is 1.35 bits per heavy atom. The van der Waals surface area contributed by atoms with E-state index in [1.54, 1.807) is 19.3 Å². The maximum atomic E-state index is 11.9. The highest BCUT2D eigenvalue weighted by molar-refractivity contribution is 7.99. The first kappa shape index (κ1) is 14.8. The van der Waals surface area contributed by atoms with Crippen molar-refractivity contribution >= 4 is 29.5 Å². The molecule has 0 radical (unpaired) electrons. The lowest BCUT2D eigenvalue weighted by molar-refractivity contribution is 0.0520. The van der Waals surface area contributed by atoms with Gasteiger partial charge in [-0.05, 0) is 25.3 Å². The number of thioether (sulfide) groups is 1. The van der Waals surface area contributed by atoms with Crippen molar-refractivity contribution in [3.05, 3.63) is 36.3 Å². The number of nitrogens with zero attached hydrogens (tertiary/aromatic N) is 3. The lowest BCUT2D eigenvalue weighted by Gasteiger charge is -2.08. The first-order chi connectivity index (χ1) is 9.74. The number of carbonyl (C=O) groups is 1. The van der Waals surface area contributed by atoms with Crippen LogP contribution in [0.15, 0.2) is 45.8 Å².